The highest BCUT2D eigenvalue weighted by Crippen LogP contribution is 2.34. The Morgan fingerprint density at radius 3 is 2.38 bits per heavy atom. The molecule has 24 heavy (non-hydrogen) atoms. The van der Waals surface area contributed by atoms with Gasteiger partial charge in [-0.1, -0.05) is 29.8 Å². The average molecular weight is 359 g/mol. The summed E-state index contributed by atoms with van der Waals surface area (Å²) in [6.07, 6.45) is 4.45. The molecule has 0 aliphatic heterocycles. The molecule has 0 fully saturated rings. The molecule has 3 rings (SSSR count). The van der Waals surface area contributed by atoms with Crippen LogP contribution in [0.15, 0.2) is 59.8 Å². The molecular formula is C18H15ClN2O2S. The quantitative estimate of drug-likeness (QED) is 0.704. The van der Waals surface area contributed by atoms with E-state index in [0.29, 0.717) is 21.8 Å². The molecule has 0 spiro atoms. The summed E-state index contributed by atoms with van der Waals surface area (Å²) in [5.41, 5.74) is 3.63. The van der Waals surface area contributed by atoms with Crippen LogP contribution in [0.2, 0.25) is 5.02 Å². The molecule has 2 aromatic heterocycles. The number of pyridine rings is 2. The number of benzene rings is 1. The molecule has 4 nitrogen and oxygen atoms in total. The summed E-state index contributed by atoms with van der Waals surface area (Å²) in [6, 6.07) is 12.4. The Hall–Kier alpha value is -2.24. The van der Waals surface area contributed by atoms with Gasteiger partial charge in [-0.15, -0.1) is 0 Å². The fraction of sp³-hybridized carbons (Fsp3) is 0.111. The molecule has 0 bridgehead atoms. The lowest BCUT2D eigenvalue weighted by Crippen LogP contribution is -2.00. The van der Waals surface area contributed by atoms with Gasteiger partial charge in [0.1, 0.15) is 0 Å². The van der Waals surface area contributed by atoms with Gasteiger partial charge in [-0.25, -0.2) is 8.42 Å². The number of aromatic nitrogens is 2. The summed E-state index contributed by atoms with van der Waals surface area (Å²) >= 11 is 6.29. The highest BCUT2D eigenvalue weighted by Gasteiger charge is 2.17. The van der Waals surface area contributed by atoms with Gasteiger partial charge < -0.3 is 0 Å². The number of nitrogens with zero attached hydrogens (tertiary/aromatic N) is 2. The predicted molar refractivity (Wildman–Crippen MR) is 95.8 cm³/mol. The molecule has 122 valence electrons. The summed E-state index contributed by atoms with van der Waals surface area (Å²) in [5, 5.41) is 0.398. The fourth-order valence-corrected chi connectivity index (χ4v) is 3.54. The maximum atomic E-state index is 12.1. The predicted octanol–water partition coefficient (Wildman–Crippen LogP) is 4.18. The van der Waals surface area contributed by atoms with Crippen LogP contribution in [0.4, 0.5) is 0 Å². The third kappa shape index (κ3) is 3.32. The summed E-state index contributed by atoms with van der Waals surface area (Å²) in [6.45, 7) is 1.91. The van der Waals surface area contributed by atoms with E-state index in [9.17, 15) is 8.42 Å². The van der Waals surface area contributed by atoms with E-state index in [-0.39, 0.29) is 4.90 Å². The van der Waals surface area contributed by atoms with E-state index in [0.717, 1.165) is 11.3 Å². The topological polar surface area (TPSA) is 59.9 Å². The first-order valence-electron chi connectivity index (χ1n) is 7.24. The maximum absolute atomic E-state index is 12.1. The second-order valence-corrected chi connectivity index (χ2v) is 7.90. The monoisotopic (exact) mass is 358 g/mol. The van der Waals surface area contributed by atoms with Crippen LogP contribution in [0.5, 0.6) is 0 Å². The van der Waals surface area contributed by atoms with Crippen LogP contribution in [0.3, 0.4) is 0 Å². The van der Waals surface area contributed by atoms with Crippen molar-refractivity contribution in [1.29, 1.82) is 0 Å². The van der Waals surface area contributed by atoms with E-state index in [2.05, 4.69) is 9.97 Å². The minimum Gasteiger partial charge on any atom is -0.261 e. The molecule has 0 atom stereocenters. The Morgan fingerprint density at radius 2 is 1.71 bits per heavy atom. The molecule has 0 radical (unpaired) electrons. The number of hydrogen-bond acceptors (Lipinski definition) is 4. The minimum absolute atomic E-state index is 0.242. The molecule has 0 aliphatic rings. The first-order valence-corrected chi connectivity index (χ1v) is 9.51. The zero-order chi connectivity index (χ0) is 17.3. The Morgan fingerprint density at radius 1 is 0.958 bits per heavy atom. The van der Waals surface area contributed by atoms with Crippen molar-refractivity contribution in [3.05, 3.63) is 65.6 Å². The lowest BCUT2D eigenvalue weighted by atomic mass is 10.0. The molecule has 6 heteroatoms. The van der Waals surface area contributed by atoms with Crippen LogP contribution in [-0.4, -0.2) is 24.6 Å². The van der Waals surface area contributed by atoms with Crippen LogP contribution in [0.25, 0.3) is 22.4 Å². The van der Waals surface area contributed by atoms with Crippen molar-refractivity contribution in [2.24, 2.45) is 0 Å². The van der Waals surface area contributed by atoms with Gasteiger partial charge in [0.2, 0.25) is 0 Å². The van der Waals surface area contributed by atoms with Gasteiger partial charge in [-0.2, -0.15) is 0 Å². The molecule has 0 N–H and O–H groups in total. The van der Waals surface area contributed by atoms with Crippen LogP contribution in [0.1, 0.15) is 5.69 Å². The molecule has 0 aliphatic carbocycles. The normalized spacial score (nSPS) is 11.5. The lowest BCUT2D eigenvalue weighted by Gasteiger charge is -2.11. The molecule has 0 amide bonds. The van der Waals surface area contributed by atoms with Crippen molar-refractivity contribution in [2.75, 3.05) is 6.26 Å². The van der Waals surface area contributed by atoms with Gasteiger partial charge in [0, 0.05) is 41.0 Å². The van der Waals surface area contributed by atoms with Crippen LogP contribution in [-0.2, 0) is 9.84 Å². The summed E-state index contributed by atoms with van der Waals surface area (Å²) in [5.74, 6) is 0. The molecular weight excluding hydrogens is 344 g/mol. The van der Waals surface area contributed by atoms with Crippen LogP contribution in [0, 0.1) is 6.92 Å². The van der Waals surface area contributed by atoms with Crippen molar-refractivity contribution < 1.29 is 8.42 Å². The van der Waals surface area contributed by atoms with Gasteiger partial charge in [-0.05, 0) is 31.2 Å². The number of hydrogen-bond donors (Lipinski definition) is 0. The van der Waals surface area contributed by atoms with Crippen LogP contribution >= 0.6 is 11.6 Å². The third-order valence-corrected chi connectivity index (χ3v) is 5.10. The zero-order valence-electron chi connectivity index (χ0n) is 13.2. The Balaban J connectivity index is 2.20. The average Bonchev–Trinajstić information content (AvgIpc) is 2.55. The number of halogens is 1. The SMILES string of the molecule is Cc1ccc(-c2cc(-c3ccccc3S(C)(=O)=O)c(Cl)cn2)cn1. The third-order valence-electron chi connectivity index (χ3n) is 3.64. The van der Waals surface area contributed by atoms with Crippen molar-refractivity contribution in [1.82, 2.24) is 9.97 Å². The highest BCUT2D eigenvalue weighted by molar-refractivity contribution is 7.90. The van der Waals surface area contributed by atoms with Gasteiger partial charge in [0.05, 0.1) is 15.6 Å². The number of sulfone groups is 1. The minimum atomic E-state index is -3.37. The van der Waals surface area contributed by atoms with Gasteiger partial charge in [0.25, 0.3) is 0 Å². The highest BCUT2D eigenvalue weighted by atomic mass is 35.5. The van der Waals surface area contributed by atoms with Crippen molar-refractivity contribution in [3.63, 3.8) is 0 Å². The van der Waals surface area contributed by atoms with E-state index in [4.69, 9.17) is 11.6 Å². The van der Waals surface area contributed by atoms with Gasteiger partial charge in [-0.3, -0.25) is 9.97 Å². The second kappa shape index (κ2) is 6.34. The molecule has 1 aromatic carbocycles. The zero-order valence-corrected chi connectivity index (χ0v) is 14.8. The summed E-state index contributed by atoms with van der Waals surface area (Å²) in [7, 11) is -3.37. The number of aryl methyl sites for hydroxylation is 1. The first-order chi connectivity index (χ1) is 11.4. The van der Waals surface area contributed by atoms with E-state index in [1.807, 2.05) is 19.1 Å². The lowest BCUT2D eigenvalue weighted by molar-refractivity contribution is 0.602. The Kier molecular flexibility index (Phi) is 4.39. The van der Waals surface area contributed by atoms with Crippen LogP contribution < -0.4 is 0 Å². The van der Waals surface area contributed by atoms with Gasteiger partial charge >= 0.3 is 0 Å². The summed E-state index contributed by atoms with van der Waals surface area (Å²) in [4.78, 5) is 8.84. The second-order valence-electron chi connectivity index (χ2n) is 5.51. The van der Waals surface area contributed by atoms with Crippen molar-refractivity contribution in [2.45, 2.75) is 11.8 Å². The first kappa shape index (κ1) is 16.6. The molecule has 0 saturated carbocycles. The smallest absolute Gasteiger partial charge is 0.176 e. The summed E-state index contributed by atoms with van der Waals surface area (Å²) < 4.78 is 24.1. The van der Waals surface area contributed by atoms with E-state index in [1.165, 1.54) is 12.5 Å². The molecule has 2 heterocycles. The van der Waals surface area contributed by atoms with E-state index < -0.39 is 9.84 Å². The van der Waals surface area contributed by atoms with E-state index in [1.54, 1.807) is 36.5 Å². The molecule has 3 aromatic rings. The molecule has 0 saturated heterocycles. The van der Waals surface area contributed by atoms with Crippen molar-refractivity contribution in [3.8, 4) is 22.4 Å². The Bertz CT molecular complexity index is 1000. The molecule has 0 unspecified atom stereocenters. The largest absolute Gasteiger partial charge is 0.261 e. The maximum Gasteiger partial charge on any atom is 0.176 e. The van der Waals surface area contributed by atoms with Crippen molar-refractivity contribution >= 4 is 21.4 Å². The number of rotatable bonds is 3. The fourth-order valence-electron chi connectivity index (χ4n) is 2.43. The Labute approximate surface area is 146 Å². The van der Waals surface area contributed by atoms with Gasteiger partial charge in [0.15, 0.2) is 9.84 Å². The standard InChI is InChI=1S/C18H15ClN2O2S/c1-12-7-8-13(10-20-12)17-9-15(16(19)11-21-17)14-5-3-4-6-18(14)24(2,22)23/h3-11H,1-2H3. The van der Waals surface area contributed by atoms with E-state index >= 15 is 0 Å².